The van der Waals surface area contributed by atoms with Crippen molar-refractivity contribution in [3.05, 3.63) is 106 Å². The third-order valence-electron chi connectivity index (χ3n) is 5.44. The van der Waals surface area contributed by atoms with Crippen LogP contribution in [0.15, 0.2) is 78.0 Å². The summed E-state index contributed by atoms with van der Waals surface area (Å²) in [7, 11) is 6.01. The molecule has 0 aliphatic carbocycles. The lowest BCUT2D eigenvalue weighted by Crippen LogP contribution is -2.06. The first kappa shape index (κ1) is 44.9. The van der Waals surface area contributed by atoms with Gasteiger partial charge in [0.05, 0.1) is 43.7 Å². The molecule has 3 rings (SSSR count). The van der Waals surface area contributed by atoms with E-state index in [9.17, 15) is 19.2 Å². The van der Waals surface area contributed by atoms with Crippen molar-refractivity contribution in [3.63, 3.8) is 0 Å². The Morgan fingerprint density at radius 3 is 1.11 bits per heavy atom. The SMILES string of the molecule is CO.CO.COC(=O)c1ccc(/C(C)=N\O)cc1.COC(=O)c1ccc(C(C)=O)cc1.COC(=O)c1ccc(C(C)N)cc1.S. The van der Waals surface area contributed by atoms with Crippen LogP contribution in [0, 0.1) is 0 Å². The Bertz CT molecular complexity index is 1310. The third-order valence-corrected chi connectivity index (χ3v) is 5.44. The number of nitrogens with two attached hydrogens (primary N) is 1. The second-order valence-electron chi connectivity index (χ2n) is 8.28. The summed E-state index contributed by atoms with van der Waals surface area (Å²) in [6.07, 6.45) is 0. The van der Waals surface area contributed by atoms with Crippen molar-refractivity contribution in [1.29, 1.82) is 0 Å². The molecule has 0 saturated heterocycles. The summed E-state index contributed by atoms with van der Waals surface area (Å²) in [5, 5.41) is 25.6. The first-order valence-electron chi connectivity index (χ1n) is 12.9. The molecule has 5 N–H and O–H groups in total. The zero-order chi connectivity index (χ0) is 34.2. The highest BCUT2D eigenvalue weighted by Gasteiger charge is 2.07. The molecular formula is C32H44N2O10S. The maximum absolute atomic E-state index is 11.1. The number of benzene rings is 3. The van der Waals surface area contributed by atoms with Crippen LogP contribution in [0.4, 0.5) is 0 Å². The average molecular weight is 649 g/mol. The molecule has 0 spiro atoms. The Morgan fingerprint density at radius 1 is 0.600 bits per heavy atom. The van der Waals surface area contributed by atoms with E-state index in [2.05, 4.69) is 19.4 Å². The van der Waals surface area contributed by atoms with E-state index >= 15 is 0 Å². The number of nitrogens with zero attached hydrogens (tertiary/aromatic N) is 1. The third kappa shape index (κ3) is 16.8. The first-order valence-corrected chi connectivity index (χ1v) is 12.9. The summed E-state index contributed by atoms with van der Waals surface area (Å²) in [4.78, 5) is 44.0. The van der Waals surface area contributed by atoms with Gasteiger partial charge in [0.2, 0.25) is 0 Å². The number of esters is 3. The van der Waals surface area contributed by atoms with Crippen molar-refractivity contribution < 1.29 is 48.8 Å². The fourth-order valence-corrected chi connectivity index (χ4v) is 3.02. The van der Waals surface area contributed by atoms with Gasteiger partial charge in [-0.25, -0.2) is 14.4 Å². The molecule has 0 aliphatic heterocycles. The molecule has 3 aromatic rings. The summed E-state index contributed by atoms with van der Waals surface area (Å²) in [6.45, 7) is 5.05. The zero-order valence-corrected chi connectivity index (χ0v) is 27.7. The highest BCUT2D eigenvalue weighted by Crippen LogP contribution is 2.11. The lowest BCUT2D eigenvalue weighted by molar-refractivity contribution is 0.0592. The summed E-state index contributed by atoms with van der Waals surface area (Å²) in [6, 6.07) is 20.1. The number of rotatable bonds is 6. The van der Waals surface area contributed by atoms with Crippen LogP contribution in [0.3, 0.4) is 0 Å². The Morgan fingerprint density at radius 2 is 0.867 bits per heavy atom. The van der Waals surface area contributed by atoms with Gasteiger partial charge in [-0.05, 0) is 68.3 Å². The monoisotopic (exact) mass is 648 g/mol. The Balaban J connectivity index is -0.000000550. The molecule has 0 fully saturated rings. The van der Waals surface area contributed by atoms with Gasteiger partial charge in [-0.3, -0.25) is 4.79 Å². The molecule has 0 amide bonds. The quantitative estimate of drug-likeness (QED) is 0.0748. The predicted molar refractivity (Wildman–Crippen MR) is 177 cm³/mol. The van der Waals surface area contributed by atoms with E-state index < -0.39 is 5.97 Å². The summed E-state index contributed by atoms with van der Waals surface area (Å²) >= 11 is 0. The fourth-order valence-electron chi connectivity index (χ4n) is 3.02. The molecule has 0 saturated carbocycles. The predicted octanol–water partition coefficient (Wildman–Crippen LogP) is 4.17. The van der Waals surface area contributed by atoms with Gasteiger partial charge in [0, 0.05) is 25.8 Å². The van der Waals surface area contributed by atoms with Gasteiger partial charge in [-0.15, -0.1) is 0 Å². The van der Waals surface area contributed by atoms with Crippen molar-refractivity contribution in [2.24, 2.45) is 10.9 Å². The molecule has 45 heavy (non-hydrogen) atoms. The number of aliphatic hydroxyl groups excluding tert-OH is 2. The molecule has 0 aliphatic rings. The number of ketones is 1. The summed E-state index contributed by atoms with van der Waals surface area (Å²) in [5.41, 5.74) is 9.99. The number of hydrogen-bond donors (Lipinski definition) is 4. The lowest BCUT2D eigenvalue weighted by atomic mass is 10.1. The zero-order valence-electron chi connectivity index (χ0n) is 26.7. The van der Waals surface area contributed by atoms with E-state index in [0.717, 1.165) is 25.3 Å². The normalized spacial score (nSPS) is 9.98. The maximum Gasteiger partial charge on any atom is 0.337 e. The second kappa shape index (κ2) is 25.9. The minimum Gasteiger partial charge on any atom is -0.465 e. The number of carbonyl (C=O) groups is 4. The first-order chi connectivity index (χ1) is 21.0. The number of oxime groups is 1. The molecular weight excluding hydrogens is 604 g/mol. The van der Waals surface area contributed by atoms with Crippen molar-refractivity contribution in [2.45, 2.75) is 26.8 Å². The van der Waals surface area contributed by atoms with E-state index in [1.54, 1.807) is 67.6 Å². The van der Waals surface area contributed by atoms with E-state index in [4.69, 9.17) is 21.2 Å². The average Bonchev–Trinajstić information content (AvgIpc) is 3.09. The minimum atomic E-state index is -0.393. The van der Waals surface area contributed by atoms with Gasteiger partial charge in [0.25, 0.3) is 0 Å². The van der Waals surface area contributed by atoms with E-state index in [0.29, 0.717) is 28.0 Å². The van der Waals surface area contributed by atoms with E-state index in [1.165, 1.54) is 28.3 Å². The standard InChI is InChI=1S/C10H11NO3.C10H13NO2.C10H10O3.2CH4O.H2S/c1-7(11-13)8-3-5-9(6-4-8)10(12)14-2;2*1-7(11)8-3-5-9(6-4-8)10(12)13-2;2*1-2;/h3-6,13H,1-2H3;3-7H,11H2,1-2H3;3-6H,1-2H3;2*2H,1H3;1H2/b11-7-;;;;;. The number of hydrogen-bond acceptors (Lipinski definition) is 12. The number of Topliss-reactive ketones (excluding diaryl/α,β-unsaturated/α-hetero) is 1. The molecule has 0 bridgehead atoms. The van der Waals surface area contributed by atoms with Crippen LogP contribution in [0.1, 0.15) is 79.4 Å². The Hall–Kier alpha value is -4.56. The van der Waals surface area contributed by atoms with Crippen molar-refractivity contribution >= 4 is 42.9 Å². The molecule has 13 heteroatoms. The molecule has 1 atom stereocenters. The van der Waals surface area contributed by atoms with Crippen LogP contribution < -0.4 is 5.73 Å². The van der Waals surface area contributed by atoms with E-state index in [-0.39, 0.29) is 37.3 Å². The number of carbonyl (C=O) groups excluding carboxylic acids is 4. The van der Waals surface area contributed by atoms with Crippen molar-refractivity contribution in [3.8, 4) is 0 Å². The van der Waals surface area contributed by atoms with Gasteiger partial charge in [0.15, 0.2) is 5.78 Å². The topological polar surface area (TPSA) is 195 Å². The fraction of sp³-hybridized carbons (Fsp3) is 0.281. The molecule has 0 aromatic heterocycles. The number of ether oxygens (including phenoxy) is 3. The largest absolute Gasteiger partial charge is 0.465 e. The van der Waals surface area contributed by atoms with E-state index in [1.807, 2.05) is 19.1 Å². The maximum atomic E-state index is 11.1. The van der Waals surface area contributed by atoms with Crippen molar-refractivity contribution in [1.82, 2.24) is 0 Å². The minimum absolute atomic E-state index is 0. The molecule has 1 unspecified atom stereocenters. The van der Waals surface area contributed by atoms with Crippen LogP contribution in [-0.2, 0) is 14.2 Å². The van der Waals surface area contributed by atoms with Gasteiger partial charge in [-0.2, -0.15) is 13.5 Å². The molecule has 248 valence electrons. The van der Waals surface area contributed by atoms with Gasteiger partial charge < -0.3 is 35.4 Å². The second-order valence-corrected chi connectivity index (χ2v) is 8.28. The smallest absolute Gasteiger partial charge is 0.337 e. The van der Waals surface area contributed by atoms with Crippen LogP contribution in [0.2, 0.25) is 0 Å². The molecule has 0 radical (unpaired) electrons. The Kier molecular flexibility index (Phi) is 25.8. The molecule has 12 nitrogen and oxygen atoms in total. The van der Waals surface area contributed by atoms with Crippen LogP contribution in [-0.4, -0.2) is 80.4 Å². The Labute approximate surface area is 270 Å². The summed E-state index contributed by atoms with van der Waals surface area (Å²) in [5.74, 6) is -1.11. The van der Waals surface area contributed by atoms with Crippen LogP contribution in [0.25, 0.3) is 0 Å². The van der Waals surface area contributed by atoms with Crippen molar-refractivity contribution in [2.75, 3.05) is 35.5 Å². The van der Waals surface area contributed by atoms with Crippen LogP contribution >= 0.6 is 13.5 Å². The van der Waals surface area contributed by atoms with Gasteiger partial charge in [0.1, 0.15) is 0 Å². The van der Waals surface area contributed by atoms with Gasteiger partial charge >= 0.3 is 17.9 Å². The van der Waals surface area contributed by atoms with Gasteiger partial charge in [-0.1, -0.05) is 41.6 Å². The molecule has 3 aromatic carbocycles. The number of methoxy groups -OCH3 is 3. The number of aliphatic hydroxyl groups is 2. The highest BCUT2D eigenvalue weighted by molar-refractivity contribution is 7.59. The lowest BCUT2D eigenvalue weighted by Gasteiger charge is -2.05. The summed E-state index contributed by atoms with van der Waals surface area (Å²) < 4.78 is 13.6. The van der Waals surface area contributed by atoms with Crippen LogP contribution in [0.5, 0.6) is 0 Å². The molecule has 0 heterocycles. The highest BCUT2D eigenvalue weighted by atomic mass is 32.1.